The van der Waals surface area contributed by atoms with Gasteiger partial charge in [-0.1, -0.05) is 103 Å². The van der Waals surface area contributed by atoms with Gasteiger partial charge in [0, 0.05) is 6.42 Å². The second kappa shape index (κ2) is 7.81. The van der Waals surface area contributed by atoms with Crippen LogP contribution in [-0.2, 0) is 0 Å². The largest absolute Gasteiger partial charge is 0.310 e. The van der Waals surface area contributed by atoms with Gasteiger partial charge in [0.2, 0.25) is 0 Å². The number of nitrogens with two attached hydrogens (primary N) is 2. The predicted octanol–water partition coefficient (Wildman–Crippen LogP) is 5.39. The van der Waals surface area contributed by atoms with Crippen LogP contribution in [0.5, 0.6) is 0 Å². The number of hydrogen-bond acceptors (Lipinski definition) is 2. The summed E-state index contributed by atoms with van der Waals surface area (Å²) in [5, 5.41) is 0. The fourth-order valence-electron chi connectivity index (χ4n) is 3.48. The number of benzene rings is 3. The molecule has 0 spiro atoms. The van der Waals surface area contributed by atoms with E-state index in [2.05, 4.69) is 72.8 Å². The van der Waals surface area contributed by atoms with Gasteiger partial charge >= 0.3 is 0 Å². The topological polar surface area (TPSA) is 52.0 Å². The van der Waals surface area contributed by atoms with E-state index < -0.39 is 5.66 Å². The molecule has 0 aliphatic heterocycles. The molecule has 0 unspecified atom stereocenters. The third-order valence-corrected chi connectivity index (χ3v) is 5.00. The first kappa shape index (κ1) is 18.2. The molecule has 0 aromatic heterocycles. The fourth-order valence-corrected chi connectivity index (χ4v) is 3.48. The molecule has 0 atom stereocenters. The molecule has 0 bridgehead atoms. The Morgan fingerprint density at radius 3 is 1.89 bits per heavy atom. The van der Waals surface area contributed by atoms with Crippen molar-refractivity contribution < 1.29 is 0 Å². The highest BCUT2D eigenvalue weighted by molar-refractivity contribution is 5.79. The van der Waals surface area contributed by atoms with Crippen molar-refractivity contribution in [1.29, 1.82) is 0 Å². The van der Waals surface area contributed by atoms with Crippen LogP contribution in [0.15, 0.2) is 109 Å². The predicted molar refractivity (Wildman–Crippen MR) is 119 cm³/mol. The zero-order valence-electron chi connectivity index (χ0n) is 15.8. The minimum atomic E-state index is -0.822. The maximum absolute atomic E-state index is 6.23. The van der Waals surface area contributed by atoms with Gasteiger partial charge in [0.1, 0.15) is 0 Å². The lowest BCUT2D eigenvalue weighted by molar-refractivity contribution is 0.564. The molecule has 28 heavy (non-hydrogen) atoms. The van der Waals surface area contributed by atoms with Crippen molar-refractivity contribution in [2.24, 2.45) is 11.5 Å². The lowest BCUT2D eigenvalue weighted by Gasteiger charge is -2.27. The molecule has 1 aliphatic rings. The Kier molecular flexibility index (Phi) is 5.07. The van der Waals surface area contributed by atoms with Crippen LogP contribution in [0, 0.1) is 0 Å². The van der Waals surface area contributed by atoms with Gasteiger partial charge in [-0.15, -0.1) is 0 Å². The average Bonchev–Trinajstić information content (AvgIpc) is 2.74. The van der Waals surface area contributed by atoms with Crippen LogP contribution in [0.1, 0.15) is 17.5 Å². The lowest BCUT2D eigenvalue weighted by Crippen LogP contribution is -2.48. The summed E-state index contributed by atoms with van der Waals surface area (Å²) in [4.78, 5) is 0. The molecule has 0 heterocycles. The summed E-state index contributed by atoms with van der Waals surface area (Å²) in [6.45, 7) is 0. The first-order chi connectivity index (χ1) is 13.6. The second-order valence-corrected chi connectivity index (χ2v) is 7.24. The summed E-state index contributed by atoms with van der Waals surface area (Å²) in [5.74, 6) is 0. The van der Waals surface area contributed by atoms with Crippen LogP contribution < -0.4 is 11.5 Å². The summed E-state index contributed by atoms with van der Waals surface area (Å²) < 4.78 is 0. The van der Waals surface area contributed by atoms with E-state index in [-0.39, 0.29) is 0 Å². The Morgan fingerprint density at radius 1 is 0.643 bits per heavy atom. The zero-order valence-corrected chi connectivity index (χ0v) is 15.8. The van der Waals surface area contributed by atoms with Crippen molar-refractivity contribution in [1.82, 2.24) is 0 Å². The van der Waals surface area contributed by atoms with E-state index in [9.17, 15) is 0 Å². The van der Waals surface area contributed by atoms with Crippen LogP contribution in [-0.4, -0.2) is 5.66 Å². The fraction of sp³-hybridized carbons (Fsp3) is 0.0769. The van der Waals surface area contributed by atoms with Gasteiger partial charge in [0.25, 0.3) is 0 Å². The quantitative estimate of drug-likeness (QED) is 0.610. The van der Waals surface area contributed by atoms with Crippen molar-refractivity contribution in [3.05, 3.63) is 120 Å². The van der Waals surface area contributed by atoms with Crippen molar-refractivity contribution in [2.45, 2.75) is 12.1 Å². The molecular formula is C26H24N2. The molecule has 1 aliphatic carbocycles. The van der Waals surface area contributed by atoms with Gasteiger partial charge in [-0.25, -0.2) is 0 Å². The summed E-state index contributed by atoms with van der Waals surface area (Å²) >= 11 is 0. The monoisotopic (exact) mass is 364 g/mol. The van der Waals surface area contributed by atoms with Crippen LogP contribution in [0.3, 0.4) is 0 Å². The molecule has 0 fully saturated rings. The minimum absolute atomic E-state index is 0.600. The van der Waals surface area contributed by atoms with Gasteiger partial charge in [0.05, 0.1) is 5.66 Å². The Bertz CT molecular complexity index is 1020. The third kappa shape index (κ3) is 4.20. The van der Waals surface area contributed by atoms with Crippen LogP contribution in [0.25, 0.3) is 22.8 Å². The van der Waals surface area contributed by atoms with Crippen molar-refractivity contribution in [3.63, 3.8) is 0 Å². The molecule has 4 rings (SSSR count). The summed E-state index contributed by atoms with van der Waals surface area (Å²) in [5.41, 5.74) is 18.7. The molecule has 2 heteroatoms. The highest BCUT2D eigenvalue weighted by Crippen LogP contribution is 2.33. The van der Waals surface area contributed by atoms with E-state index in [0.717, 1.165) is 11.1 Å². The van der Waals surface area contributed by atoms with E-state index in [4.69, 9.17) is 11.5 Å². The number of hydrogen-bond donors (Lipinski definition) is 2. The maximum Gasteiger partial charge on any atom is 0.0873 e. The molecule has 3 aromatic rings. The van der Waals surface area contributed by atoms with Crippen molar-refractivity contribution in [2.75, 3.05) is 0 Å². The Morgan fingerprint density at radius 2 is 1.21 bits per heavy atom. The average molecular weight is 364 g/mol. The van der Waals surface area contributed by atoms with Crippen LogP contribution in [0.2, 0.25) is 0 Å². The highest BCUT2D eigenvalue weighted by Gasteiger charge is 2.23. The molecule has 138 valence electrons. The van der Waals surface area contributed by atoms with E-state index >= 15 is 0 Å². The summed E-state index contributed by atoms with van der Waals surface area (Å²) in [6, 6.07) is 29.3. The smallest absolute Gasteiger partial charge is 0.0873 e. The summed E-state index contributed by atoms with van der Waals surface area (Å²) in [7, 11) is 0. The van der Waals surface area contributed by atoms with E-state index in [0.29, 0.717) is 6.42 Å². The lowest BCUT2D eigenvalue weighted by atomic mass is 9.85. The first-order valence-electron chi connectivity index (χ1n) is 9.50. The molecule has 0 amide bonds. The van der Waals surface area contributed by atoms with Crippen LogP contribution >= 0.6 is 0 Å². The highest BCUT2D eigenvalue weighted by atomic mass is 14.9. The van der Waals surface area contributed by atoms with Crippen LogP contribution in [0.4, 0.5) is 0 Å². The standard InChI is InChI=1S/C26H24N2/c27-26(28)18-17-24(12-11-20-7-3-1-4-8-20)25(19-26)23-15-13-22(14-16-23)21-9-5-2-6-10-21/h1-18H,19,27-28H2. The van der Waals surface area contributed by atoms with Crippen molar-refractivity contribution >= 4 is 11.6 Å². The van der Waals surface area contributed by atoms with Gasteiger partial charge in [-0.2, -0.15) is 0 Å². The molecule has 4 N–H and O–H groups in total. The third-order valence-electron chi connectivity index (χ3n) is 5.00. The molecule has 3 aromatic carbocycles. The maximum atomic E-state index is 6.23. The molecule has 2 nitrogen and oxygen atoms in total. The van der Waals surface area contributed by atoms with Gasteiger partial charge in [-0.3, -0.25) is 0 Å². The minimum Gasteiger partial charge on any atom is -0.310 e. The molecule has 0 saturated carbocycles. The summed E-state index contributed by atoms with van der Waals surface area (Å²) in [6.07, 6.45) is 8.78. The normalized spacial score (nSPS) is 15.9. The van der Waals surface area contributed by atoms with Crippen molar-refractivity contribution in [3.8, 4) is 11.1 Å². The van der Waals surface area contributed by atoms with E-state index in [1.54, 1.807) is 0 Å². The van der Waals surface area contributed by atoms with E-state index in [1.165, 1.54) is 22.3 Å². The SMILES string of the molecule is NC1(N)C=CC(C=Cc2ccccc2)=C(c2ccc(-c3ccccc3)cc2)C1. The number of rotatable bonds is 4. The zero-order chi connectivity index (χ0) is 19.4. The second-order valence-electron chi connectivity index (χ2n) is 7.24. The van der Waals surface area contributed by atoms with E-state index in [1.807, 2.05) is 36.4 Å². The Hall–Kier alpha value is -3.20. The molecule has 0 radical (unpaired) electrons. The Balaban J connectivity index is 1.69. The first-order valence-corrected chi connectivity index (χ1v) is 9.50. The molecule has 0 saturated heterocycles. The van der Waals surface area contributed by atoms with Gasteiger partial charge in [-0.05, 0) is 39.5 Å². The van der Waals surface area contributed by atoms with Gasteiger partial charge < -0.3 is 11.5 Å². The number of allylic oxidation sites excluding steroid dienone is 3. The Labute approximate surface area is 166 Å². The molecular weight excluding hydrogens is 340 g/mol. The van der Waals surface area contributed by atoms with Gasteiger partial charge in [0.15, 0.2) is 0 Å².